The first-order valence-electron chi connectivity index (χ1n) is 1.93. The van der Waals surface area contributed by atoms with Crippen LogP contribution in [0.15, 0.2) is 0 Å². The summed E-state index contributed by atoms with van der Waals surface area (Å²) in [4.78, 5) is 35.2. The molecule has 0 aromatic carbocycles. The van der Waals surface area contributed by atoms with Crippen molar-refractivity contribution < 1.29 is 80.6 Å². The minimum atomic E-state index is -5.39. The maximum atomic E-state index is 9.53. The molecule has 0 unspecified atom stereocenters. The van der Waals surface area contributed by atoms with E-state index in [2.05, 4.69) is 0 Å². The molecule has 0 aliphatic carbocycles. The van der Waals surface area contributed by atoms with Gasteiger partial charge >= 0.3 is 117 Å². The van der Waals surface area contributed by atoms with E-state index in [0.717, 1.165) is 0 Å². The van der Waals surface area contributed by atoms with Crippen LogP contribution in [0.1, 0.15) is 6.92 Å². The molecule has 0 aromatic rings. The molecule has 10 heteroatoms. The standard InChI is InChI=1S/C2H3O.K.3Li.H3O4P/c1-2-3;;;;;1-5(2,3)4/h1H3;;;;;(H3,1,2,3,4)/q;;3*+1;/p-3. The van der Waals surface area contributed by atoms with Crippen LogP contribution < -0.4 is 71.3 Å². The summed E-state index contributed by atoms with van der Waals surface area (Å²) < 4.78 is 8.90. The SMILES string of the molecule is C[C](=O)[K].O=P([O-])([O-])[O-].[Li+].[Li+].[Li+]. The Labute approximate surface area is 141 Å². The Morgan fingerprint density at radius 2 is 1.17 bits per heavy atom. The third-order valence-corrected chi connectivity index (χ3v) is 0. The van der Waals surface area contributed by atoms with Gasteiger partial charge in [0.25, 0.3) is 0 Å². The summed E-state index contributed by atoms with van der Waals surface area (Å²) in [5.74, 6) is 0. The van der Waals surface area contributed by atoms with Gasteiger partial charge in [0.05, 0.1) is 0 Å². The molecule has 0 saturated carbocycles. The van der Waals surface area contributed by atoms with Gasteiger partial charge in [-0.05, 0) is 0 Å². The number of rotatable bonds is 0. The molecule has 0 N–H and O–H groups in total. The van der Waals surface area contributed by atoms with Crippen LogP contribution in [0.25, 0.3) is 0 Å². The average Bonchev–Trinajstić information content (AvgIpc) is 1.19. The van der Waals surface area contributed by atoms with Crippen molar-refractivity contribution in [1.82, 2.24) is 0 Å². The Bertz CT molecular complexity index is 124. The first kappa shape index (κ1) is 29.5. The van der Waals surface area contributed by atoms with Gasteiger partial charge in [0, 0.05) is 0 Å². The quantitative estimate of drug-likeness (QED) is 0.284. The van der Waals surface area contributed by atoms with Crippen LogP contribution in [0, 0.1) is 0 Å². The normalized spacial score (nSPS) is 7.17. The van der Waals surface area contributed by atoms with Gasteiger partial charge in [-0.25, -0.2) is 0 Å². The van der Waals surface area contributed by atoms with E-state index in [1.54, 1.807) is 6.92 Å². The Hall–Kier alpha value is 3.21. The molecule has 0 aromatic heterocycles. The summed E-state index contributed by atoms with van der Waals surface area (Å²) in [5, 5.41) is 0. The molecule has 0 bridgehead atoms. The fraction of sp³-hybridized carbons (Fsp3) is 0.500. The van der Waals surface area contributed by atoms with E-state index in [-0.39, 0.29) is 56.6 Å². The molecule has 0 aliphatic rings. The molecule has 50 valence electrons. The number of carbonyl (C=O) groups excluding carboxylic acids is 1. The van der Waals surface area contributed by atoms with Gasteiger partial charge in [0.2, 0.25) is 0 Å². The summed E-state index contributed by atoms with van der Waals surface area (Å²) in [7, 11) is -5.39. The smallest absolute Gasteiger partial charge is 0.822 e. The van der Waals surface area contributed by atoms with Crippen molar-refractivity contribution in [2.45, 2.75) is 6.92 Å². The minimum Gasteiger partial charge on any atom is -0.822 e. The van der Waals surface area contributed by atoms with E-state index >= 15 is 0 Å². The van der Waals surface area contributed by atoms with Gasteiger partial charge in [-0.3, -0.25) is 0 Å². The summed E-state index contributed by atoms with van der Waals surface area (Å²) in [5.41, 5.74) is 0. The summed E-state index contributed by atoms with van der Waals surface area (Å²) in [6, 6.07) is 0. The molecule has 0 spiro atoms. The van der Waals surface area contributed by atoms with Crippen molar-refractivity contribution in [3.63, 3.8) is 0 Å². The van der Waals surface area contributed by atoms with E-state index in [4.69, 9.17) is 19.2 Å². The minimum absolute atomic E-state index is 0. The van der Waals surface area contributed by atoms with E-state index < -0.39 is 7.82 Å². The van der Waals surface area contributed by atoms with Crippen molar-refractivity contribution in [2.75, 3.05) is 0 Å². The molecule has 0 fully saturated rings. The monoisotopic (exact) mass is 198 g/mol. The average molecular weight is 198 g/mol. The predicted molar refractivity (Wildman–Crippen MR) is 24.0 cm³/mol. The van der Waals surface area contributed by atoms with E-state index in [1.807, 2.05) is 0 Å². The number of hydrogen-bond donors (Lipinski definition) is 0. The molecular formula is C2H3KLi3O5P. The summed E-state index contributed by atoms with van der Waals surface area (Å²) in [6.07, 6.45) is 0. The van der Waals surface area contributed by atoms with Crippen molar-refractivity contribution in [3.8, 4) is 0 Å². The maximum absolute atomic E-state index is 9.53. The predicted octanol–water partition coefficient (Wildman–Crippen LogP) is -12.1. The maximum Gasteiger partial charge on any atom is 1.00 e. The number of hydrogen-bond acceptors (Lipinski definition) is 5. The molecular weight excluding hydrogens is 195 g/mol. The third kappa shape index (κ3) is 191. The van der Waals surface area contributed by atoms with Crippen LogP contribution >= 0.6 is 7.82 Å². The second kappa shape index (κ2) is 16.6. The van der Waals surface area contributed by atoms with Crippen molar-refractivity contribution in [2.24, 2.45) is 0 Å². The Morgan fingerprint density at radius 3 is 1.17 bits per heavy atom. The fourth-order valence-corrected chi connectivity index (χ4v) is 0. The van der Waals surface area contributed by atoms with Crippen LogP contribution in [-0.4, -0.2) is 48.8 Å². The van der Waals surface area contributed by atoms with Gasteiger partial charge in [-0.15, -0.1) is 0 Å². The Morgan fingerprint density at radius 1 is 1.17 bits per heavy atom. The molecule has 0 amide bonds. The number of phosphoric acid groups is 1. The zero-order valence-electron chi connectivity index (χ0n) is 7.99. The van der Waals surface area contributed by atoms with Crippen molar-refractivity contribution in [3.05, 3.63) is 0 Å². The van der Waals surface area contributed by atoms with Crippen LogP contribution in [0.2, 0.25) is 0 Å². The summed E-state index contributed by atoms with van der Waals surface area (Å²) in [6.45, 7) is 1.61. The fourth-order valence-electron chi connectivity index (χ4n) is 0. The topological polar surface area (TPSA) is 103 Å². The molecule has 0 rings (SSSR count). The molecule has 0 saturated heterocycles. The van der Waals surface area contributed by atoms with Gasteiger partial charge < -0.3 is 19.2 Å². The largest absolute Gasteiger partial charge is 1.00 e. The van der Waals surface area contributed by atoms with Crippen molar-refractivity contribution in [1.29, 1.82) is 0 Å². The first-order chi connectivity index (χ1) is 3.73. The zero-order chi connectivity index (χ0) is 8.08. The first-order valence-corrected chi connectivity index (χ1v) is 4.96. The molecule has 0 radical (unpaired) electrons. The zero-order valence-corrected chi connectivity index (χ0v) is 12.0. The van der Waals surface area contributed by atoms with Gasteiger partial charge in [-0.1, -0.05) is 0 Å². The molecule has 0 atom stereocenters. The number of carbonyl (C=O) groups is 1. The van der Waals surface area contributed by atoms with E-state index in [1.165, 1.54) is 0 Å². The van der Waals surface area contributed by atoms with Crippen LogP contribution in [0.4, 0.5) is 0 Å². The molecule has 0 aliphatic heterocycles. The third-order valence-electron chi connectivity index (χ3n) is 0. The second-order valence-corrected chi connectivity index (χ2v) is 4.45. The van der Waals surface area contributed by atoms with E-state index in [9.17, 15) is 4.79 Å². The van der Waals surface area contributed by atoms with Crippen LogP contribution in [0.5, 0.6) is 0 Å². The van der Waals surface area contributed by atoms with Gasteiger partial charge in [0.1, 0.15) is 0 Å². The van der Waals surface area contributed by atoms with Gasteiger partial charge in [-0.2, -0.15) is 7.82 Å². The Balaban J connectivity index is -0.0000000221. The van der Waals surface area contributed by atoms with E-state index in [0.29, 0.717) is 48.8 Å². The second-order valence-electron chi connectivity index (χ2n) is 1.36. The van der Waals surface area contributed by atoms with Gasteiger partial charge in [0.15, 0.2) is 0 Å². The molecule has 5 nitrogen and oxygen atoms in total. The van der Waals surface area contributed by atoms with Crippen LogP contribution in [-0.2, 0) is 9.36 Å². The van der Waals surface area contributed by atoms with Crippen LogP contribution in [0.3, 0.4) is 0 Å². The Kier molecular flexibility index (Phi) is 40.8. The molecule has 12 heavy (non-hydrogen) atoms. The summed E-state index contributed by atoms with van der Waals surface area (Å²) >= 11 is 0.424. The molecule has 0 heterocycles. The van der Waals surface area contributed by atoms with Crippen molar-refractivity contribution >= 4 is 56.7 Å².